The van der Waals surface area contributed by atoms with Crippen molar-refractivity contribution in [2.24, 2.45) is 0 Å². The van der Waals surface area contributed by atoms with E-state index in [1.165, 1.54) is 11.3 Å². The van der Waals surface area contributed by atoms with Crippen LogP contribution in [-0.4, -0.2) is 10.8 Å². The van der Waals surface area contributed by atoms with Crippen molar-refractivity contribution in [2.45, 2.75) is 0 Å². The van der Waals surface area contributed by atoms with Gasteiger partial charge >= 0.3 is 0 Å². The molecule has 0 aliphatic rings. The molecule has 0 aliphatic heterocycles. The molecule has 2 aromatic carbocycles. The molecule has 0 bridgehead atoms. The van der Waals surface area contributed by atoms with Crippen LogP contribution in [0.5, 0.6) is 0 Å². The summed E-state index contributed by atoms with van der Waals surface area (Å²) in [5.74, 6) is 0.0562. The van der Waals surface area contributed by atoms with Crippen LogP contribution in [0.25, 0.3) is 22.2 Å². The van der Waals surface area contributed by atoms with Crippen LogP contribution >= 0.6 is 22.9 Å². The summed E-state index contributed by atoms with van der Waals surface area (Å²) in [6.07, 6.45) is 0. The number of furan rings is 1. The molecule has 0 atom stereocenters. The number of ketones is 1. The third-order valence-corrected chi connectivity index (χ3v) is 4.55. The van der Waals surface area contributed by atoms with Crippen LogP contribution in [0, 0.1) is 0 Å². The Morgan fingerprint density at radius 3 is 2.74 bits per heavy atom. The lowest BCUT2D eigenvalue weighted by Gasteiger charge is -1.94. The highest BCUT2D eigenvalue weighted by atomic mass is 35.5. The fourth-order valence-electron chi connectivity index (χ4n) is 2.35. The molecule has 112 valence electrons. The van der Waals surface area contributed by atoms with Gasteiger partial charge in [-0.25, -0.2) is 4.98 Å². The molecule has 2 aromatic heterocycles. The summed E-state index contributed by atoms with van der Waals surface area (Å²) in [5.41, 5.74) is 2.41. The molecular weight excluding hydrogens is 330 g/mol. The average molecular weight is 340 g/mol. The highest BCUT2D eigenvalue weighted by Gasteiger charge is 2.18. The minimum absolute atomic E-state index is 0.218. The number of hydrogen-bond acceptors (Lipinski definition) is 4. The molecule has 0 saturated heterocycles. The van der Waals surface area contributed by atoms with E-state index in [-0.39, 0.29) is 11.5 Å². The van der Waals surface area contributed by atoms with E-state index in [0.29, 0.717) is 15.6 Å². The molecule has 4 rings (SSSR count). The molecule has 0 saturated carbocycles. The third kappa shape index (κ3) is 2.67. The maximum absolute atomic E-state index is 12.6. The highest BCUT2D eigenvalue weighted by molar-refractivity contribution is 7.12. The van der Waals surface area contributed by atoms with E-state index < -0.39 is 0 Å². The van der Waals surface area contributed by atoms with E-state index in [1.807, 2.05) is 35.7 Å². The molecule has 0 fully saturated rings. The maximum atomic E-state index is 12.6. The van der Waals surface area contributed by atoms with Gasteiger partial charge in [-0.05, 0) is 24.3 Å². The Labute approximate surface area is 141 Å². The van der Waals surface area contributed by atoms with Gasteiger partial charge in [0, 0.05) is 21.4 Å². The van der Waals surface area contributed by atoms with Gasteiger partial charge in [-0.1, -0.05) is 41.9 Å². The molecule has 0 unspecified atom stereocenters. The summed E-state index contributed by atoms with van der Waals surface area (Å²) in [7, 11) is 0. The Kier molecular flexibility index (Phi) is 3.48. The Balaban J connectivity index is 1.69. The van der Waals surface area contributed by atoms with Crippen molar-refractivity contribution < 1.29 is 9.21 Å². The van der Waals surface area contributed by atoms with Gasteiger partial charge in [0.15, 0.2) is 10.8 Å². The number of carbonyl (C=O) groups excluding carboxylic acids is 1. The molecule has 0 aliphatic carbocycles. The normalized spacial score (nSPS) is 11.0. The van der Waals surface area contributed by atoms with Gasteiger partial charge in [-0.15, -0.1) is 11.3 Å². The lowest BCUT2D eigenvalue weighted by atomic mass is 10.2. The Morgan fingerprint density at radius 2 is 1.91 bits per heavy atom. The lowest BCUT2D eigenvalue weighted by molar-refractivity contribution is 0.101. The predicted molar refractivity (Wildman–Crippen MR) is 92.2 cm³/mol. The standard InChI is InChI=1S/C18H10ClNO2S/c19-13-6-7-15-12(8-13)9-16(22-15)17(21)18-20-14(10-23-18)11-4-2-1-3-5-11/h1-10H. The van der Waals surface area contributed by atoms with Crippen LogP contribution in [0.15, 0.2) is 64.4 Å². The van der Waals surface area contributed by atoms with Gasteiger partial charge in [-0.3, -0.25) is 4.79 Å². The van der Waals surface area contributed by atoms with Crippen molar-refractivity contribution in [3.05, 3.63) is 75.8 Å². The van der Waals surface area contributed by atoms with E-state index in [0.717, 1.165) is 16.6 Å². The highest BCUT2D eigenvalue weighted by Crippen LogP contribution is 2.27. The molecule has 0 spiro atoms. The summed E-state index contributed by atoms with van der Waals surface area (Å²) >= 11 is 7.27. The SMILES string of the molecule is O=C(c1cc2cc(Cl)ccc2o1)c1nc(-c2ccccc2)cs1. The topological polar surface area (TPSA) is 43.1 Å². The van der Waals surface area contributed by atoms with Gasteiger partial charge in [0.1, 0.15) is 5.58 Å². The molecule has 0 radical (unpaired) electrons. The van der Waals surface area contributed by atoms with Crippen LogP contribution < -0.4 is 0 Å². The predicted octanol–water partition coefficient (Wildman–Crippen LogP) is 5.44. The first-order valence-corrected chi connectivity index (χ1v) is 8.21. The lowest BCUT2D eigenvalue weighted by Crippen LogP contribution is -1.98. The average Bonchev–Trinajstić information content (AvgIpc) is 3.21. The smallest absolute Gasteiger partial charge is 0.256 e. The molecule has 4 aromatic rings. The quantitative estimate of drug-likeness (QED) is 0.467. The zero-order valence-electron chi connectivity index (χ0n) is 11.8. The monoisotopic (exact) mass is 339 g/mol. The summed E-state index contributed by atoms with van der Waals surface area (Å²) in [5, 5.41) is 3.70. The maximum Gasteiger partial charge on any atom is 0.256 e. The van der Waals surface area contributed by atoms with Gasteiger partial charge in [-0.2, -0.15) is 0 Å². The molecule has 2 heterocycles. The minimum Gasteiger partial charge on any atom is -0.452 e. The van der Waals surface area contributed by atoms with Crippen LogP contribution in [0.4, 0.5) is 0 Å². The Morgan fingerprint density at radius 1 is 1.09 bits per heavy atom. The van der Waals surface area contributed by atoms with Crippen LogP contribution in [0.3, 0.4) is 0 Å². The zero-order chi connectivity index (χ0) is 15.8. The van der Waals surface area contributed by atoms with Crippen molar-refractivity contribution in [2.75, 3.05) is 0 Å². The number of aromatic nitrogens is 1. The molecule has 0 N–H and O–H groups in total. The second-order valence-electron chi connectivity index (χ2n) is 5.03. The summed E-state index contributed by atoms with van der Waals surface area (Å²) in [4.78, 5) is 17.0. The largest absolute Gasteiger partial charge is 0.452 e. The molecule has 5 heteroatoms. The van der Waals surface area contributed by atoms with Crippen LogP contribution in [0.2, 0.25) is 5.02 Å². The first-order valence-electron chi connectivity index (χ1n) is 6.95. The summed E-state index contributed by atoms with van der Waals surface area (Å²) < 4.78 is 5.61. The number of rotatable bonds is 3. The van der Waals surface area contributed by atoms with Gasteiger partial charge < -0.3 is 4.42 Å². The number of thiazole rings is 1. The van der Waals surface area contributed by atoms with E-state index in [4.69, 9.17) is 16.0 Å². The van der Waals surface area contributed by atoms with Crippen molar-refractivity contribution in [1.29, 1.82) is 0 Å². The minimum atomic E-state index is -0.218. The van der Waals surface area contributed by atoms with Gasteiger partial charge in [0.2, 0.25) is 0 Å². The van der Waals surface area contributed by atoms with E-state index in [9.17, 15) is 4.79 Å². The molecule has 3 nitrogen and oxygen atoms in total. The van der Waals surface area contributed by atoms with Gasteiger partial charge in [0.05, 0.1) is 5.69 Å². The van der Waals surface area contributed by atoms with Crippen LogP contribution in [0.1, 0.15) is 15.6 Å². The number of fused-ring (bicyclic) bond motifs is 1. The number of nitrogens with zero attached hydrogens (tertiary/aromatic N) is 1. The third-order valence-electron chi connectivity index (χ3n) is 3.47. The van der Waals surface area contributed by atoms with E-state index in [1.54, 1.807) is 24.3 Å². The number of carbonyl (C=O) groups is 1. The second kappa shape index (κ2) is 5.65. The first kappa shape index (κ1) is 14.2. The first-order chi connectivity index (χ1) is 11.2. The van der Waals surface area contributed by atoms with Crippen molar-refractivity contribution in [3.8, 4) is 11.3 Å². The second-order valence-corrected chi connectivity index (χ2v) is 6.32. The number of hydrogen-bond donors (Lipinski definition) is 0. The van der Waals surface area contributed by atoms with Crippen molar-refractivity contribution in [3.63, 3.8) is 0 Å². The Bertz CT molecular complexity index is 1000. The molecule has 23 heavy (non-hydrogen) atoms. The summed E-state index contributed by atoms with van der Waals surface area (Å²) in [6, 6.07) is 16.7. The van der Waals surface area contributed by atoms with E-state index >= 15 is 0 Å². The summed E-state index contributed by atoms with van der Waals surface area (Å²) in [6.45, 7) is 0. The number of halogens is 1. The number of benzene rings is 2. The fourth-order valence-corrected chi connectivity index (χ4v) is 3.30. The van der Waals surface area contributed by atoms with Crippen molar-refractivity contribution in [1.82, 2.24) is 4.98 Å². The zero-order valence-corrected chi connectivity index (χ0v) is 13.4. The van der Waals surface area contributed by atoms with Gasteiger partial charge in [0.25, 0.3) is 5.78 Å². The molecular formula is C18H10ClNO2S. The Hall–Kier alpha value is -2.43. The van der Waals surface area contributed by atoms with Crippen molar-refractivity contribution >= 4 is 39.7 Å². The molecule has 0 amide bonds. The fraction of sp³-hybridized carbons (Fsp3) is 0. The van der Waals surface area contributed by atoms with Crippen LogP contribution in [-0.2, 0) is 0 Å². The van der Waals surface area contributed by atoms with E-state index in [2.05, 4.69) is 4.98 Å².